The fourth-order valence-corrected chi connectivity index (χ4v) is 3.45. The molecule has 0 unspecified atom stereocenters. The highest BCUT2D eigenvalue weighted by Gasteiger charge is 2.28. The number of carbonyl (C=O) groups is 1. The third kappa shape index (κ3) is 2.35. The van der Waals surface area contributed by atoms with Gasteiger partial charge in [0.2, 0.25) is 0 Å². The SMILES string of the molecule is NC(=O)c1[nH]c2ccc(Cl)cc2c1S(=O)(=O)Nc1nn[nH]n1. The second-order valence-corrected chi connectivity index (χ2v) is 6.28. The number of primary amides is 1. The van der Waals surface area contributed by atoms with Gasteiger partial charge in [-0.25, -0.2) is 13.1 Å². The molecule has 1 amide bonds. The number of fused-ring (bicyclic) bond motifs is 1. The average Bonchev–Trinajstić information content (AvgIpc) is 3.04. The summed E-state index contributed by atoms with van der Waals surface area (Å²) >= 11 is 5.89. The van der Waals surface area contributed by atoms with Crippen LogP contribution in [0.15, 0.2) is 23.1 Å². The summed E-state index contributed by atoms with van der Waals surface area (Å²) in [6.07, 6.45) is 0. The summed E-state index contributed by atoms with van der Waals surface area (Å²) in [5.74, 6) is -1.20. The van der Waals surface area contributed by atoms with Crippen molar-refractivity contribution >= 4 is 44.4 Å². The predicted molar refractivity (Wildman–Crippen MR) is 76.8 cm³/mol. The van der Waals surface area contributed by atoms with Gasteiger partial charge in [-0.3, -0.25) is 4.79 Å². The van der Waals surface area contributed by atoms with Crippen LogP contribution in [0.4, 0.5) is 5.95 Å². The van der Waals surface area contributed by atoms with Crippen LogP contribution in [0.2, 0.25) is 5.02 Å². The Morgan fingerprint density at radius 1 is 1.36 bits per heavy atom. The van der Waals surface area contributed by atoms with Crippen LogP contribution in [0.3, 0.4) is 0 Å². The molecular weight excluding hydrogens is 334 g/mol. The fourth-order valence-electron chi connectivity index (χ4n) is 1.97. The van der Waals surface area contributed by atoms with Crippen LogP contribution in [0.5, 0.6) is 0 Å². The molecule has 0 aliphatic carbocycles. The minimum Gasteiger partial charge on any atom is -0.364 e. The molecule has 1 aromatic carbocycles. The van der Waals surface area contributed by atoms with Crippen molar-refractivity contribution in [3.8, 4) is 0 Å². The first-order chi connectivity index (χ1) is 10.4. The molecule has 0 radical (unpaired) electrons. The first-order valence-corrected chi connectivity index (χ1v) is 7.62. The second-order valence-electron chi connectivity index (χ2n) is 4.22. The smallest absolute Gasteiger partial charge is 0.276 e. The molecule has 0 spiro atoms. The van der Waals surface area contributed by atoms with E-state index >= 15 is 0 Å². The zero-order valence-corrected chi connectivity index (χ0v) is 12.2. The number of nitrogens with zero attached hydrogens (tertiary/aromatic N) is 3. The summed E-state index contributed by atoms with van der Waals surface area (Å²) in [6.45, 7) is 0. The lowest BCUT2D eigenvalue weighted by Crippen LogP contribution is -2.20. The van der Waals surface area contributed by atoms with Crippen LogP contribution < -0.4 is 10.5 Å². The molecule has 12 heteroatoms. The van der Waals surface area contributed by atoms with Gasteiger partial charge in [0.25, 0.3) is 21.9 Å². The number of nitrogens with one attached hydrogen (secondary N) is 3. The van der Waals surface area contributed by atoms with E-state index < -0.39 is 15.9 Å². The Balaban J connectivity index is 2.25. The lowest BCUT2D eigenvalue weighted by molar-refractivity contribution is 0.0993. The Morgan fingerprint density at radius 3 is 2.77 bits per heavy atom. The van der Waals surface area contributed by atoms with Gasteiger partial charge in [0.05, 0.1) is 0 Å². The Morgan fingerprint density at radius 2 is 2.14 bits per heavy atom. The molecule has 10 nitrogen and oxygen atoms in total. The number of H-pyrrole nitrogens is 2. The highest BCUT2D eigenvalue weighted by molar-refractivity contribution is 7.93. The molecule has 0 atom stereocenters. The number of sulfonamides is 1. The minimum atomic E-state index is -4.18. The molecule has 0 aliphatic heterocycles. The minimum absolute atomic E-state index is 0.220. The van der Waals surface area contributed by atoms with Crippen molar-refractivity contribution in [3.05, 3.63) is 28.9 Å². The van der Waals surface area contributed by atoms with Crippen molar-refractivity contribution in [3.63, 3.8) is 0 Å². The summed E-state index contributed by atoms with van der Waals surface area (Å²) in [5.41, 5.74) is 5.37. The molecule has 0 bridgehead atoms. The number of carbonyl (C=O) groups excluding carboxylic acids is 1. The zero-order chi connectivity index (χ0) is 15.9. The van der Waals surface area contributed by atoms with E-state index in [1.807, 2.05) is 0 Å². The summed E-state index contributed by atoms with van der Waals surface area (Å²) in [7, 11) is -4.18. The number of benzene rings is 1. The van der Waals surface area contributed by atoms with Gasteiger partial charge in [-0.1, -0.05) is 16.7 Å². The number of anilines is 1. The molecular formula is C10H8ClN7O3S. The summed E-state index contributed by atoms with van der Waals surface area (Å²) in [6, 6.07) is 4.50. The molecule has 2 aromatic heterocycles. The van der Waals surface area contributed by atoms with Crippen LogP contribution in [0.1, 0.15) is 10.5 Å². The summed E-state index contributed by atoms with van der Waals surface area (Å²) < 4.78 is 27.1. The number of rotatable bonds is 4. The Labute approximate surface area is 128 Å². The van der Waals surface area contributed by atoms with Crippen LogP contribution in [-0.2, 0) is 10.0 Å². The Kier molecular flexibility index (Phi) is 3.22. The highest BCUT2D eigenvalue weighted by atomic mass is 35.5. The van der Waals surface area contributed by atoms with Gasteiger partial charge in [-0.15, -0.1) is 5.10 Å². The van der Waals surface area contributed by atoms with Crippen LogP contribution in [0.25, 0.3) is 10.9 Å². The predicted octanol–water partition coefficient (Wildman–Crippen LogP) is 0.234. The van der Waals surface area contributed by atoms with Crippen LogP contribution >= 0.6 is 11.6 Å². The van der Waals surface area contributed by atoms with E-state index in [1.165, 1.54) is 12.1 Å². The summed E-state index contributed by atoms with van der Waals surface area (Å²) in [4.78, 5) is 13.9. The monoisotopic (exact) mass is 341 g/mol. The molecule has 0 fully saturated rings. The van der Waals surface area contributed by atoms with Crippen molar-refractivity contribution in [2.75, 3.05) is 4.72 Å². The number of aromatic amines is 2. The Bertz CT molecular complexity index is 964. The molecule has 2 heterocycles. The molecule has 0 saturated carbocycles. The highest BCUT2D eigenvalue weighted by Crippen LogP contribution is 2.30. The summed E-state index contributed by atoms with van der Waals surface area (Å²) in [5, 5.41) is 12.9. The average molecular weight is 342 g/mol. The van der Waals surface area contributed by atoms with E-state index in [0.717, 1.165) is 0 Å². The van der Waals surface area contributed by atoms with Gasteiger partial charge in [0, 0.05) is 15.9 Å². The van der Waals surface area contributed by atoms with E-state index in [0.29, 0.717) is 10.5 Å². The third-order valence-corrected chi connectivity index (χ3v) is 4.45. The van der Waals surface area contributed by atoms with E-state index in [-0.39, 0.29) is 21.9 Å². The lowest BCUT2D eigenvalue weighted by Gasteiger charge is -2.04. The van der Waals surface area contributed by atoms with Crippen molar-refractivity contribution in [1.82, 2.24) is 25.6 Å². The van der Waals surface area contributed by atoms with Crippen LogP contribution in [0, 0.1) is 0 Å². The number of hydrogen-bond donors (Lipinski definition) is 4. The molecule has 22 heavy (non-hydrogen) atoms. The van der Waals surface area contributed by atoms with Gasteiger partial charge in [-0.05, 0) is 23.4 Å². The number of halogens is 1. The van der Waals surface area contributed by atoms with Crippen molar-refractivity contribution < 1.29 is 13.2 Å². The number of tetrazole rings is 1. The standard InChI is InChI=1S/C10H8ClN7O3S/c11-4-1-2-6-5(3-4)8(7(13-6)9(12)19)22(20,21)16-10-14-17-18-15-10/h1-3,13H,(H2,12,19)(H2,14,15,16,17,18). The first-order valence-electron chi connectivity index (χ1n) is 5.76. The molecule has 5 N–H and O–H groups in total. The lowest BCUT2D eigenvalue weighted by atomic mass is 10.2. The maximum atomic E-state index is 12.5. The van der Waals surface area contributed by atoms with Gasteiger partial charge < -0.3 is 10.7 Å². The van der Waals surface area contributed by atoms with Gasteiger partial charge in [0.15, 0.2) is 0 Å². The van der Waals surface area contributed by atoms with Crippen molar-refractivity contribution in [2.45, 2.75) is 4.90 Å². The molecule has 0 aliphatic rings. The van der Waals surface area contributed by atoms with E-state index in [1.54, 1.807) is 6.07 Å². The van der Waals surface area contributed by atoms with Gasteiger partial charge >= 0.3 is 0 Å². The molecule has 3 aromatic rings. The van der Waals surface area contributed by atoms with E-state index in [2.05, 4.69) is 30.3 Å². The maximum absolute atomic E-state index is 12.5. The van der Waals surface area contributed by atoms with E-state index in [9.17, 15) is 13.2 Å². The molecule has 3 rings (SSSR count). The Hall–Kier alpha value is -2.66. The zero-order valence-electron chi connectivity index (χ0n) is 10.7. The topological polar surface area (TPSA) is 160 Å². The van der Waals surface area contributed by atoms with Crippen molar-refractivity contribution in [1.29, 1.82) is 0 Å². The number of amides is 1. The quantitative estimate of drug-likeness (QED) is 0.531. The second kappa shape index (κ2) is 4.96. The largest absolute Gasteiger partial charge is 0.364 e. The third-order valence-electron chi connectivity index (χ3n) is 2.80. The molecule has 114 valence electrons. The van der Waals surface area contributed by atoms with Crippen LogP contribution in [-0.4, -0.2) is 39.9 Å². The fraction of sp³-hybridized carbons (Fsp3) is 0. The maximum Gasteiger partial charge on any atom is 0.276 e. The number of hydrogen-bond acceptors (Lipinski definition) is 6. The normalized spacial score (nSPS) is 11.7. The van der Waals surface area contributed by atoms with Gasteiger partial charge in [-0.2, -0.15) is 5.21 Å². The number of nitrogens with two attached hydrogens (primary N) is 1. The van der Waals surface area contributed by atoms with Gasteiger partial charge in [0.1, 0.15) is 10.6 Å². The molecule has 0 saturated heterocycles. The van der Waals surface area contributed by atoms with E-state index in [4.69, 9.17) is 17.3 Å². The number of aromatic nitrogens is 5. The first kappa shape index (κ1) is 14.3. The van der Waals surface area contributed by atoms with Crippen molar-refractivity contribution in [2.24, 2.45) is 5.73 Å².